The molecule has 25 heavy (non-hydrogen) atoms. The molecule has 0 aliphatic heterocycles. The summed E-state index contributed by atoms with van der Waals surface area (Å²) >= 11 is 0. The summed E-state index contributed by atoms with van der Waals surface area (Å²) in [4.78, 5) is 12.1. The summed E-state index contributed by atoms with van der Waals surface area (Å²) in [5, 5.41) is 2.77. The van der Waals surface area contributed by atoms with E-state index in [0.717, 1.165) is 17.5 Å². The fourth-order valence-corrected chi connectivity index (χ4v) is 3.99. The first-order valence-corrected chi connectivity index (χ1v) is 10.3. The van der Waals surface area contributed by atoms with Gasteiger partial charge < -0.3 is 5.32 Å². The summed E-state index contributed by atoms with van der Waals surface area (Å²) in [7, 11) is -3.50. The Morgan fingerprint density at radius 2 is 1.76 bits per heavy atom. The largest absolute Gasteiger partial charge is 0.349 e. The Morgan fingerprint density at radius 1 is 1.08 bits per heavy atom. The van der Waals surface area contributed by atoms with Crippen LogP contribution in [0.15, 0.2) is 48.5 Å². The number of sulfone groups is 1. The lowest BCUT2D eigenvalue weighted by atomic mass is 10.1. The molecule has 2 rings (SSSR count). The molecule has 2 aromatic rings. The third-order valence-corrected chi connectivity index (χ3v) is 5.56. The normalized spacial score (nSPS) is 12.6. The van der Waals surface area contributed by atoms with Gasteiger partial charge in [-0.3, -0.25) is 4.79 Å². The Labute approximate surface area is 150 Å². The maximum Gasteiger partial charge on any atom is 0.235 e. The Balaban J connectivity index is 1.95. The Hall–Kier alpha value is -2.14. The van der Waals surface area contributed by atoms with Crippen LogP contribution < -0.4 is 5.32 Å². The zero-order chi connectivity index (χ0) is 18.4. The van der Waals surface area contributed by atoms with Gasteiger partial charge in [-0.1, -0.05) is 61.0 Å². The molecule has 0 heterocycles. The van der Waals surface area contributed by atoms with Gasteiger partial charge in [-0.2, -0.15) is 0 Å². The molecule has 2 aromatic carbocycles. The molecule has 0 bridgehead atoms. The second kappa shape index (κ2) is 8.30. The molecule has 0 radical (unpaired) electrons. The molecule has 1 N–H and O–H groups in total. The molecule has 0 fully saturated rings. The lowest BCUT2D eigenvalue weighted by Crippen LogP contribution is -2.32. The van der Waals surface area contributed by atoms with E-state index in [2.05, 4.69) is 12.2 Å². The maximum atomic E-state index is 12.3. The third-order valence-electron chi connectivity index (χ3n) is 4.09. The predicted octanol–water partition coefficient (Wildman–Crippen LogP) is 3.35. The summed E-state index contributed by atoms with van der Waals surface area (Å²) in [6.07, 6.45) is 0.957. The van der Waals surface area contributed by atoms with Crippen LogP contribution in [0.1, 0.15) is 42.1 Å². The number of benzene rings is 2. The quantitative estimate of drug-likeness (QED) is 0.824. The Kier molecular flexibility index (Phi) is 6.37. The van der Waals surface area contributed by atoms with Crippen LogP contribution in [0.25, 0.3) is 0 Å². The van der Waals surface area contributed by atoms with Crippen molar-refractivity contribution in [1.29, 1.82) is 0 Å². The van der Waals surface area contributed by atoms with Crippen LogP contribution >= 0.6 is 0 Å². The van der Waals surface area contributed by atoms with Crippen molar-refractivity contribution in [3.63, 3.8) is 0 Å². The zero-order valence-electron chi connectivity index (χ0n) is 15.0. The summed E-state index contributed by atoms with van der Waals surface area (Å²) in [5.74, 6) is -1.10. The Morgan fingerprint density at radius 3 is 2.36 bits per heavy atom. The molecule has 0 saturated heterocycles. The maximum absolute atomic E-state index is 12.3. The van der Waals surface area contributed by atoms with Gasteiger partial charge in [0, 0.05) is 0 Å². The van der Waals surface area contributed by atoms with Crippen molar-refractivity contribution >= 4 is 15.7 Å². The lowest BCUT2D eigenvalue weighted by Gasteiger charge is -2.15. The van der Waals surface area contributed by atoms with Gasteiger partial charge in [-0.15, -0.1) is 0 Å². The highest BCUT2D eigenvalue weighted by molar-refractivity contribution is 7.91. The summed E-state index contributed by atoms with van der Waals surface area (Å²) in [6.45, 7) is 5.85. The fourth-order valence-electron chi connectivity index (χ4n) is 2.72. The molecular formula is C20H25NO3S. The molecule has 0 spiro atoms. The van der Waals surface area contributed by atoms with E-state index in [9.17, 15) is 13.2 Å². The highest BCUT2D eigenvalue weighted by atomic mass is 32.2. The molecule has 0 saturated carbocycles. The molecule has 1 amide bonds. The first-order chi connectivity index (χ1) is 11.8. The highest BCUT2D eigenvalue weighted by Gasteiger charge is 2.19. The van der Waals surface area contributed by atoms with Crippen LogP contribution in [0.2, 0.25) is 0 Å². The highest BCUT2D eigenvalue weighted by Crippen LogP contribution is 2.14. The zero-order valence-corrected chi connectivity index (χ0v) is 15.8. The van der Waals surface area contributed by atoms with Crippen molar-refractivity contribution in [2.45, 2.75) is 39.0 Å². The van der Waals surface area contributed by atoms with Crippen molar-refractivity contribution in [3.8, 4) is 0 Å². The monoisotopic (exact) mass is 359 g/mol. The molecule has 134 valence electrons. The summed E-state index contributed by atoms with van der Waals surface area (Å²) in [5.41, 5.74) is 3.89. The Bertz CT molecular complexity index is 826. The van der Waals surface area contributed by atoms with Gasteiger partial charge in [0.05, 0.1) is 11.8 Å². The third kappa shape index (κ3) is 6.02. The molecule has 0 unspecified atom stereocenters. The number of hydrogen-bond donors (Lipinski definition) is 1. The van der Waals surface area contributed by atoms with Crippen molar-refractivity contribution < 1.29 is 13.2 Å². The number of aryl methyl sites for hydroxylation is 2. The van der Waals surface area contributed by atoms with Gasteiger partial charge in [-0.25, -0.2) is 8.42 Å². The summed E-state index contributed by atoms with van der Waals surface area (Å²) in [6, 6.07) is 15.1. The predicted molar refractivity (Wildman–Crippen MR) is 101 cm³/mol. The minimum atomic E-state index is -3.50. The van der Waals surface area contributed by atoms with Crippen LogP contribution in [0.5, 0.6) is 0 Å². The standard InChI is InChI=1S/C20H25NO3S/c1-4-17-8-10-19(11-9-17)16(3)21-20(22)14-25(23,24)13-18-7-5-6-15(2)12-18/h5-12,16H,4,13-14H2,1-3H3,(H,21,22)/t16-/m0/s1. The van der Waals surface area contributed by atoms with Gasteiger partial charge >= 0.3 is 0 Å². The van der Waals surface area contributed by atoms with E-state index in [1.165, 1.54) is 5.56 Å². The van der Waals surface area contributed by atoms with E-state index in [4.69, 9.17) is 0 Å². The lowest BCUT2D eigenvalue weighted by molar-refractivity contribution is -0.119. The second-order valence-corrected chi connectivity index (χ2v) is 8.47. The average Bonchev–Trinajstić information content (AvgIpc) is 2.53. The minimum absolute atomic E-state index is 0.123. The molecule has 0 aliphatic carbocycles. The molecule has 1 atom stereocenters. The van der Waals surface area contributed by atoms with Crippen molar-refractivity contribution in [1.82, 2.24) is 5.32 Å². The summed E-state index contributed by atoms with van der Waals surface area (Å²) < 4.78 is 24.5. The van der Waals surface area contributed by atoms with E-state index in [1.54, 1.807) is 6.07 Å². The van der Waals surface area contributed by atoms with Crippen molar-refractivity contribution in [3.05, 3.63) is 70.8 Å². The van der Waals surface area contributed by atoms with Gasteiger partial charge in [-0.05, 0) is 37.0 Å². The molecule has 5 heteroatoms. The van der Waals surface area contributed by atoms with Gasteiger partial charge in [0.15, 0.2) is 9.84 Å². The van der Waals surface area contributed by atoms with Gasteiger partial charge in [0.2, 0.25) is 5.91 Å². The van der Waals surface area contributed by atoms with Crippen LogP contribution in [0.4, 0.5) is 0 Å². The van der Waals surface area contributed by atoms with E-state index < -0.39 is 21.5 Å². The molecular weight excluding hydrogens is 334 g/mol. The number of carbonyl (C=O) groups is 1. The average molecular weight is 359 g/mol. The van der Waals surface area contributed by atoms with Gasteiger partial charge in [0.1, 0.15) is 5.75 Å². The van der Waals surface area contributed by atoms with Crippen LogP contribution in [-0.4, -0.2) is 20.1 Å². The van der Waals surface area contributed by atoms with E-state index in [1.807, 2.05) is 56.3 Å². The van der Waals surface area contributed by atoms with E-state index >= 15 is 0 Å². The second-order valence-electron chi connectivity index (χ2n) is 6.41. The van der Waals surface area contributed by atoms with Crippen molar-refractivity contribution in [2.24, 2.45) is 0 Å². The first-order valence-electron chi connectivity index (χ1n) is 8.43. The minimum Gasteiger partial charge on any atom is -0.349 e. The fraction of sp³-hybridized carbons (Fsp3) is 0.350. The SMILES string of the molecule is CCc1ccc([C@H](C)NC(=O)CS(=O)(=O)Cc2cccc(C)c2)cc1. The molecule has 0 aliphatic rings. The number of nitrogens with one attached hydrogen (secondary N) is 1. The first kappa shape index (κ1) is 19.2. The van der Waals surface area contributed by atoms with Gasteiger partial charge in [0.25, 0.3) is 0 Å². The number of amides is 1. The topological polar surface area (TPSA) is 63.2 Å². The van der Waals surface area contributed by atoms with Crippen molar-refractivity contribution in [2.75, 3.05) is 5.75 Å². The van der Waals surface area contributed by atoms with Crippen LogP contribution in [0.3, 0.4) is 0 Å². The van der Waals surface area contributed by atoms with E-state index in [0.29, 0.717) is 5.56 Å². The van der Waals surface area contributed by atoms with Crippen LogP contribution in [0, 0.1) is 6.92 Å². The molecule has 0 aromatic heterocycles. The smallest absolute Gasteiger partial charge is 0.235 e. The molecule has 4 nitrogen and oxygen atoms in total. The number of rotatable bonds is 7. The number of carbonyl (C=O) groups excluding carboxylic acids is 1. The van der Waals surface area contributed by atoms with Crippen LogP contribution in [-0.2, 0) is 26.8 Å². The number of hydrogen-bond acceptors (Lipinski definition) is 3. The van der Waals surface area contributed by atoms with E-state index in [-0.39, 0.29) is 11.8 Å².